The van der Waals surface area contributed by atoms with Gasteiger partial charge in [-0.05, 0) is 12.1 Å². The highest BCUT2D eigenvalue weighted by molar-refractivity contribution is 5.88. The van der Waals surface area contributed by atoms with Gasteiger partial charge in [0.2, 0.25) is 5.91 Å². The molecule has 0 bridgehead atoms. The topological polar surface area (TPSA) is 74.9 Å². The zero-order chi connectivity index (χ0) is 17.7. The molecule has 2 aromatic rings. The summed E-state index contributed by atoms with van der Waals surface area (Å²) in [6.45, 7) is 4.74. The molecule has 0 aliphatic carbocycles. The number of carbonyl (C=O) groups excluding carboxylic acids is 1. The number of ether oxygens (including phenoxy) is 1. The van der Waals surface area contributed by atoms with Gasteiger partial charge in [0.1, 0.15) is 24.0 Å². The highest BCUT2D eigenvalue weighted by Crippen LogP contribution is 2.26. The molecule has 6 nitrogen and oxygen atoms in total. The molecule has 2 N–H and O–H groups in total. The fourth-order valence-corrected chi connectivity index (χ4v) is 2.23. The van der Waals surface area contributed by atoms with Crippen molar-refractivity contribution in [1.82, 2.24) is 10.2 Å². The molecule has 1 atom stereocenters. The van der Waals surface area contributed by atoms with Gasteiger partial charge in [-0.15, -0.1) is 0 Å². The Labute approximate surface area is 142 Å². The standard InChI is InChI=1S/C18H26N2O4/c1-12(2)19-9-14(21)11-23-15-5-6-16-13(7-18(22)20(3)4)10-24-17(16)8-15/h5-6,8,10,12,14,19,21H,7,9,11H2,1-4H3. The summed E-state index contributed by atoms with van der Waals surface area (Å²) in [5, 5.41) is 13.9. The van der Waals surface area contributed by atoms with E-state index in [-0.39, 0.29) is 12.5 Å². The summed E-state index contributed by atoms with van der Waals surface area (Å²) in [5.74, 6) is 0.657. The lowest BCUT2D eigenvalue weighted by Gasteiger charge is -2.15. The van der Waals surface area contributed by atoms with Gasteiger partial charge in [0.25, 0.3) is 0 Å². The van der Waals surface area contributed by atoms with Crippen LogP contribution in [0.15, 0.2) is 28.9 Å². The molecule has 6 heteroatoms. The average Bonchev–Trinajstić information content (AvgIpc) is 2.93. The van der Waals surface area contributed by atoms with Crippen molar-refractivity contribution >= 4 is 16.9 Å². The quantitative estimate of drug-likeness (QED) is 0.770. The van der Waals surface area contributed by atoms with Gasteiger partial charge in [0, 0.05) is 43.7 Å². The van der Waals surface area contributed by atoms with Crippen LogP contribution in [0.25, 0.3) is 11.0 Å². The van der Waals surface area contributed by atoms with E-state index in [4.69, 9.17) is 9.15 Å². The van der Waals surface area contributed by atoms with Crippen LogP contribution in [-0.4, -0.2) is 55.3 Å². The minimum atomic E-state index is -0.576. The van der Waals surface area contributed by atoms with Crippen LogP contribution in [0.4, 0.5) is 0 Å². The molecule has 1 amide bonds. The summed E-state index contributed by atoms with van der Waals surface area (Å²) in [6, 6.07) is 5.80. The van der Waals surface area contributed by atoms with E-state index in [0.717, 1.165) is 10.9 Å². The Balaban J connectivity index is 1.98. The highest BCUT2D eigenvalue weighted by Gasteiger charge is 2.13. The first-order valence-electron chi connectivity index (χ1n) is 8.11. The van der Waals surface area contributed by atoms with Crippen LogP contribution in [0.5, 0.6) is 5.75 Å². The van der Waals surface area contributed by atoms with Crippen molar-refractivity contribution in [3.05, 3.63) is 30.0 Å². The molecule has 24 heavy (non-hydrogen) atoms. The number of nitrogens with one attached hydrogen (secondary N) is 1. The Morgan fingerprint density at radius 2 is 2.12 bits per heavy atom. The second kappa shape index (κ2) is 8.17. The zero-order valence-corrected chi connectivity index (χ0v) is 14.7. The Bertz CT molecular complexity index is 679. The van der Waals surface area contributed by atoms with Crippen molar-refractivity contribution in [3.8, 4) is 5.75 Å². The fourth-order valence-electron chi connectivity index (χ4n) is 2.23. The molecule has 1 aromatic carbocycles. The van der Waals surface area contributed by atoms with Gasteiger partial charge in [-0.3, -0.25) is 4.79 Å². The van der Waals surface area contributed by atoms with E-state index in [2.05, 4.69) is 5.32 Å². The Kier molecular flexibility index (Phi) is 6.23. The van der Waals surface area contributed by atoms with E-state index in [1.807, 2.05) is 26.0 Å². The van der Waals surface area contributed by atoms with Crippen LogP contribution in [0, 0.1) is 0 Å². The number of likely N-dealkylation sites (N-methyl/N-ethyl adjacent to an activating group) is 1. The summed E-state index contributed by atoms with van der Waals surface area (Å²) in [4.78, 5) is 13.4. The number of hydrogen-bond donors (Lipinski definition) is 2. The van der Waals surface area contributed by atoms with Gasteiger partial charge in [0.05, 0.1) is 12.7 Å². The van der Waals surface area contributed by atoms with Crippen LogP contribution >= 0.6 is 0 Å². The maximum atomic E-state index is 11.8. The van der Waals surface area contributed by atoms with E-state index in [0.29, 0.717) is 30.3 Å². The van der Waals surface area contributed by atoms with Crippen molar-refractivity contribution < 1.29 is 19.1 Å². The number of aliphatic hydroxyl groups is 1. The first-order chi connectivity index (χ1) is 11.4. The minimum absolute atomic E-state index is 0.0267. The summed E-state index contributed by atoms with van der Waals surface area (Å²) < 4.78 is 11.1. The largest absolute Gasteiger partial charge is 0.491 e. The number of fused-ring (bicyclic) bond motifs is 1. The third-order valence-corrected chi connectivity index (χ3v) is 3.67. The normalized spacial score (nSPS) is 12.6. The molecule has 0 saturated heterocycles. The number of benzene rings is 1. The number of amides is 1. The second-order valence-corrected chi connectivity index (χ2v) is 6.41. The molecule has 1 unspecified atom stereocenters. The summed E-state index contributed by atoms with van der Waals surface area (Å²) >= 11 is 0. The number of rotatable bonds is 8. The molecule has 0 fully saturated rings. The molecular formula is C18H26N2O4. The Morgan fingerprint density at radius 3 is 2.79 bits per heavy atom. The van der Waals surface area contributed by atoms with Crippen molar-refractivity contribution in [2.24, 2.45) is 0 Å². The van der Waals surface area contributed by atoms with Crippen molar-refractivity contribution in [2.45, 2.75) is 32.4 Å². The number of nitrogens with zero attached hydrogens (tertiary/aromatic N) is 1. The smallest absolute Gasteiger partial charge is 0.226 e. The zero-order valence-electron chi connectivity index (χ0n) is 14.7. The Morgan fingerprint density at radius 1 is 1.38 bits per heavy atom. The first-order valence-corrected chi connectivity index (χ1v) is 8.11. The van der Waals surface area contributed by atoms with Crippen LogP contribution < -0.4 is 10.1 Å². The number of aliphatic hydroxyl groups excluding tert-OH is 1. The van der Waals surface area contributed by atoms with Crippen LogP contribution in [-0.2, 0) is 11.2 Å². The highest BCUT2D eigenvalue weighted by atomic mass is 16.5. The van der Waals surface area contributed by atoms with Crippen LogP contribution in [0.3, 0.4) is 0 Å². The predicted molar refractivity (Wildman–Crippen MR) is 93.3 cm³/mol. The lowest BCUT2D eigenvalue weighted by molar-refractivity contribution is -0.127. The maximum Gasteiger partial charge on any atom is 0.226 e. The molecule has 0 spiro atoms. The minimum Gasteiger partial charge on any atom is -0.491 e. The van der Waals surface area contributed by atoms with Gasteiger partial charge in [0.15, 0.2) is 0 Å². The van der Waals surface area contributed by atoms with E-state index < -0.39 is 6.10 Å². The number of furan rings is 1. The van der Waals surface area contributed by atoms with Crippen molar-refractivity contribution in [2.75, 3.05) is 27.2 Å². The van der Waals surface area contributed by atoms with Gasteiger partial charge in [-0.1, -0.05) is 13.8 Å². The van der Waals surface area contributed by atoms with Crippen molar-refractivity contribution in [3.63, 3.8) is 0 Å². The van der Waals surface area contributed by atoms with E-state index >= 15 is 0 Å². The molecule has 0 radical (unpaired) electrons. The number of hydrogen-bond acceptors (Lipinski definition) is 5. The third-order valence-electron chi connectivity index (χ3n) is 3.67. The van der Waals surface area contributed by atoms with Gasteiger partial charge in [-0.2, -0.15) is 0 Å². The molecule has 1 heterocycles. The monoisotopic (exact) mass is 334 g/mol. The summed E-state index contributed by atoms with van der Waals surface area (Å²) in [6.07, 6.45) is 1.34. The van der Waals surface area contributed by atoms with Crippen LogP contribution in [0.1, 0.15) is 19.4 Å². The molecule has 0 aliphatic heterocycles. The molecule has 1 aromatic heterocycles. The lowest BCUT2D eigenvalue weighted by Crippen LogP contribution is -2.35. The van der Waals surface area contributed by atoms with E-state index in [9.17, 15) is 9.90 Å². The average molecular weight is 334 g/mol. The van der Waals surface area contributed by atoms with Crippen LogP contribution in [0.2, 0.25) is 0 Å². The molecular weight excluding hydrogens is 308 g/mol. The van der Waals surface area contributed by atoms with E-state index in [1.165, 1.54) is 0 Å². The molecule has 0 saturated carbocycles. The molecule has 2 rings (SSSR count). The van der Waals surface area contributed by atoms with Crippen molar-refractivity contribution in [1.29, 1.82) is 0 Å². The predicted octanol–water partition coefficient (Wildman–Crippen LogP) is 1.80. The maximum absolute atomic E-state index is 11.8. The van der Waals surface area contributed by atoms with Gasteiger partial charge >= 0.3 is 0 Å². The number of carbonyl (C=O) groups is 1. The third kappa shape index (κ3) is 4.97. The fraction of sp³-hybridized carbons (Fsp3) is 0.500. The molecule has 0 aliphatic rings. The van der Waals surface area contributed by atoms with Gasteiger partial charge < -0.3 is 24.5 Å². The van der Waals surface area contributed by atoms with Gasteiger partial charge in [-0.25, -0.2) is 0 Å². The lowest BCUT2D eigenvalue weighted by atomic mass is 10.1. The molecule has 132 valence electrons. The van der Waals surface area contributed by atoms with E-state index in [1.54, 1.807) is 31.3 Å². The summed E-state index contributed by atoms with van der Waals surface area (Å²) in [5.41, 5.74) is 1.53. The SMILES string of the molecule is CC(C)NCC(O)COc1ccc2c(CC(=O)N(C)C)coc2c1. The second-order valence-electron chi connectivity index (χ2n) is 6.41. The summed E-state index contributed by atoms with van der Waals surface area (Å²) in [7, 11) is 3.46. The first kappa shape index (κ1) is 18.3. The Hall–Kier alpha value is -2.05.